The van der Waals surface area contributed by atoms with Gasteiger partial charge in [0.1, 0.15) is 4.99 Å². The molecular weight excluding hydrogens is 310 g/mol. The molecule has 1 aliphatic heterocycles. The van der Waals surface area contributed by atoms with E-state index >= 15 is 0 Å². The molecule has 1 aromatic carbocycles. The second-order valence-corrected chi connectivity index (χ2v) is 5.89. The molecule has 1 fully saturated rings. The van der Waals surface area contributed by atoms with E-state index in [2.05, 4.69) is 26.1 Å². The van der Waals surface area contributed by atoms with Crippen LogP contribution < -0.4 is 11.1 Å². The first-order valence-corrected chi connectivity index (χ1v) is 7.42. The van der Waals surface area contributed by atoms with Crippen LogP contribution in [0.15, 0.2) is 22.7 Å². The van der Waals surface area contributed by atoms with Crippen molar-refractivity contribution in [1.82, 2.24) is 4.90 Å². The molecule has 2 rings (SSSR count). The van der Waals surface area contributed by atoms with Gasteiger partial charge in [-0.25, -0.2) is 0 Å². The summed E-state index contributed by atoms with van der Waals surface area (Å²) in [5, 5.41) is 3.42. The lowest BCUT2D eigenvalue weighted by Gasteiger charge is -2.17. The topological polar surface area (TPSA) is 41.3 Å². The quantitative estimate of drug-likeness (QED) is 0.816. The minimum Gasteiger partial charge on any atom is -0.389 e. The van der Waals surface area contributed by atoms with Gasteiger partial charge in [-0.3, -0.25) is 0 Å². The van der Waals surface area contributed by atoms with Crippen LogP contribution in [0.1, 0.15) is 18.4 Å². The maximum absolute atomic E-state index is 5.74. The number of anilines is 1. The van der Waals surface area contributed by atoms with Crippen molar-refractivity contribution in [2.24, 2.45) is 5.73 Å². The van der Waals surface area contributed by atoms with Crippen molar-refractivity contribution in [1.29, 1.82) is 0 Å². The van der Waals surface area contributed by atoms with Crippen LogP contribution in [0.5, 0.6) is 0 Å². The Hall–Kier alpha value is -0.650. The molecule has 0 atom stereocenters. The van der Waals surface area contributed by atoms with Crippen molar-refractivity contribution < 1.29 is 0 Å². The standard InChI is InChI=1S/C13H18BrN3S/c14-10-3-4-12(11(9-10)13(15)18)16-5-8-17-6-1-2-7-17/h3-4,9,16H,1-2,5-8H2,(H2,15,18). The van der Waals surface area contributed by atoms with E-state index in [1.165, 1.54) is 25.9 Å². The Balaban J connectivity index is 1.93. The van der Waals surface area contributed by atoms with Gasteiger partial charge in [-0.15, -0.1) is 0 Å². The number of hydrogen-bond acceptors (Lipinski definition) is 3. The van der Waals surface area contributed by atoms with Crippen LogP contribution in [-0.4, -0.2) is 36.1 Å². The van der Waals surface area contributed by atoms with Crippen LogP contribution in [0.2, 0.25) is 0 Å². The molecule has 5 heteroatoms. The number of likely N-dealkylation sites (tertiary alicyclic amines) is 1. The van der Waals surface area contributed by atoms with Crippen molar-refractivity contribution in [3.63, 3.8) is 0 Å². The van der Waals surface area contributed by atoms with Gasteiger partial charge in [-0.05, 0) is 44.1 Å². The summed E-state index contributed by atoms with van der Waals surface area (Å²) >= 11 is 8.51. The summed E-state index contributed by atoms with van der Waals surface area (Å²) < 4.78 is 0.996. The van der Waals surface area contributed by atoms with Gasteiger partial charge in [0.25, 0.3) is 0 Å². The fraction of sp³-hybridized carbons (Fsp3) is 0.462. The van der Waals surface area contributed by atoms with E-state index in [0.717, 1.165) is 28.8 Å². The predicted molar refractivity (Wildman–Crippen MR) is 84.2 cm³/mol. The van der Waals surface area contributed by atoms with E-state index in [0.29, 0.717) is 4.99 Å². The number of rotatable bonds is 5. The monoisotopic (exact) mass is 327 g/mol. The van der Waals surface area contributed by atoms with Crippen molar-refractivity contribution in [2.45, 2.75) is 12.8 Å². The lowest BCUT2D eigenvalue weighted by molar-refractivity contribution is 0.352. The molecule has 1 saturated heterocycles. The first-order valence-electron chi connectivity index (χ1n) is 6.22. The fourth-order valence-electron chi connectivity index (χ4n) is 2.23. The van der Waals surface area contributed by atoms with Crippen LogP contribution in [-0.2, 0) is 0 Å². The molecule has 0 aromatic heterocycles. The number of nitrogens with two attached hydrogens (primary N) is 1. The molecule has 3 N–H and O–H groups in total. The highest BCUT2D eigenvalue weighted by molar-refractivity contribution is 9.10. The molecule has 18 heavy (non-hydrogen) atoms. The van der Waals surface area contributed by atoms with Crippen LogP contribution in [0.3, 0.4) is 0 Å². The molecule has 0 saturated carbocycles. The molecule has 0 bridgehead atoms. The fourth-order valence-corrected chi connectivity index (χ4v) is 2.76. The van der Waals surface area contributed by atoms with Crippen LogP contribution in [0.4, 0.5) is 5.69 Å². The maximum atomic E-state index is 5.74. The summed E-state index contributed by atoms with van der Waals surface area (Å²) in [5.41, 5.74) is 7.66. The number of nitrogens with zero attached hydrogens (tertiary/aromatic N) is 1. The Kier molecular flexibility index (Phi) is 4.97. The Labute approximate surface area is 122 Å². The molecule has 1 aromatic rings. The van der Waals surface area contributed by atoms with Crippen molar-refractivity contribution in [3.05, 3.63) is 28.2 Å². The van der Waals surface area contributed by atoms with E-state index in [9.17, 15) is 0 Å². The molecule has 1 heterocycles. The van der Waals surface area contributed by atoms with Gasteiger partial charge in [-0.1, -0.05) is 28.1 Å². The van der Waals surface area contributed by atoms with Crippen LogP contribution in [0.25, 0.3) is 0 Å². The van der Waals surface area contributed by atoms with E-state index in [1.54, 1.807) is 0 Å². The minimum absolute atomic E-state index is 0.431. The SMILES string of the molecule is NC(=S)c1cc(Br)ccc1NCCN1CCCC1. The third-order valence-electron chi connectivity index (χ3n) is 3.19. The highest BCUT2D eigenvalue weighted by Gasteiger charge is 2.11. The summed E-state index contributed by atoms with van der Waals surface area (Å²) in [4.78, 5) is 2.91. The summed E-state index contributed by atoms with van der Waals surface area (Å²) in [7, 11) is 0. The molecule has 0 amide bonds. The van der Waals surface area contributed by atoms with Crippen molar-refractivity contribution >= 4 is 38.8 Å². The van der Waals surface area contributed by atoms with Crippen LogP contribution in [0, 0.1) is 0 Å². The lowest BCUT2D eigenvalue weighted by Crippen LogP contribution is -2.26. The van der Waals surface area contributed by atoms with E-state index in [-0.39, 0.29) is 0 Å². The smallest absolute Gasteiger partial charge is 0.106 e. The van der Waals surface area contributed by atoms with Gasteiger partial charge in [0.15, 0.2) is 0 Å². The Morgan fingerprint density at radius 2 is 2.11 bits per heavy atom. The van der Waals surface area contributed by atoms with Crippen LogP contribution >= 0.6 is 28.1 Å². The normalized spacial score (nSPS) is 15.8. The summed E-state index contributed by atoms with van der Waals surface area (Å²) in [5.74, 6) is 0. The van der Waals surface area contributed by atoms with Gasteiger partial charge in [0.05, 0.1) is 0 Å². The maximum Gasteiger partial charge on any atom is 0.106 e. The van der Waals surface area contributed by atoms with Gasteiger partial charge < -0.3 is 16.0 Å². The van der Waals surface area contributed by atoms with Gasteiger partial charge in [0.2, 0.25) is 0 Å². The molecule has 0 spiro atoms. The molecule has 98 valence electrons. The zero-order chi connectivity index (χ0) is 13.0. The molecule has 3 nitrogen and oxygen atoms in total. The highest BCUT2D eigenvalue weighted by atomic mass is 79.9. The molecule has 0 aliphatic carbocycles. The lowest BCUT2D eigenvalue weighted by atomic mass is 10.2. The molecule has 0 radical (unpaired) electrons. The highest BCUT2D eigenvalue weighted by Crippen LogP contribution is 2.21. The Morgan fingerprint density at radius 3 is 2.78 bits per heavy atom. The first kappa shape index (κ1) is 13.8. The number of benzene rings is 1. The van der Waals surface area contributed by atoms with Crippen molar-refractivity contribution in [3.8, 4) is 0 Å². The van der Waals surface area contributed by atoms with E-state index in [4.69, 9.17) is 18.0 Å². The second-order valence-electron chi connectivity index (χ2n) is 4.53. The number of thiocarbonyl (C=S) groups is 1. The third-order valence-corrected chi connectivity index (χ3v) is 3.90. The third kappa shape index (κ3) is 3.67. The molecular formula is C13H18BrN3S. The zero-order valence-corrected chi connectivity index (χ0v) is 12.7. The summed E-state index contributed by atoms with van der Waals surface area (Å²) in [6.45, 7) is 4.46. The molecule has 1 aliphatic rings. The van der Waals surface area contributed by atoms with Gasteiger partial charge in [0, 0.05) is 28.8 Å². The second kappa shape index (κ2) is 6.50. The molecule has 0 unspecified atom stereocenters. The van der Waals surface area contributed by atoms with E-state index < -0.39 is 0 Å². The summed E-state index contributed by atoms with van der Waals surface area (Å²) in [6, 6.07) is 5.98. The predicted octanol–water partition coefficient (Wildman–Crippen LogP) is 2.59. The van der Waals surface area contributed by atoms with Gasteiger partial charge in [-0.2, -0.15) is 0 Å². The average molecular weight is 328 g/mol. The Morgan fingerprint density at radius 1 is 1.39 bits per heavy atom. The largest absolute Gasteiger partial charge is 0.389 e. The average Bonchev–Trinajstić information content (AvgIpc) is 2.84. The zero-order valence-electron chi connectivity index (χ0n) is 10.3. The first-order chi connectivity index (χ1) is 8.66. The van der Waals surface area contributed by atoms with E-state index in [1.807, 2.05) is 18.2 Å². The van der Waals surface area contributed by atoms with Gasteiger partial charge >= 0.3 is 0 Å². The number of halogens is 1. The Bertz CT molecular complexity index is 430. The van der Waals surface area contributed by atoms with Crippen molar-refractivity contribution in [2.75, 3.05) is 31.5 Å². The minimum atomic E-state index is 0.431. The number of nitrogens with one attached hydrogen (secondary N) is 1. The number of hydrogen-bond donors (Lipinski definition) is 2. The summed E-state index contributed by atoms with van der Waals surface area (Å²) in [6.07, 6.45) is 2.66.